The summed E-state index contributed by atoms with van der Waals surface area (Å²) in [5.41, 5.74) is 2.24. The Kier molecular flexibility index (Phi) is 4.00. The highest BCUT2D eigenvalue weighted by Gasteiger charge is 2.26. The Morgan fingerprint density at radius 2 is 1.82 bits per heavy atom. The van der Waals surface area contributed by atoms with Gasteiger partial charge in [0, 0.05) is 24.9 Å². The molecule has 2 aromatic carbocycles. The van der Waals surface area contributed by atoms with Gasteiger partial charge in [0.1, 0.15) is 5.82 Å². The van der Waals surface area contributed by atoms with E-state index in [4.69, 9.17) is 0 Å². The van der Waals surface area contributed by atoms with Crippen LogP contribution < -0.4 is 4.90 Å². The van der Waals surface area contributed by atoms with E-state index >= 15 is 0 Å². The molecule has 1 aliphatic rings. The van der Waals surface area contributed by atoms with Gasteiger partial charge in [0.2, 0.25) is 5.91 Å². The summed E-state index contributed by atoms with van der Waals surface area (Å²) < 4.78 is 12.9. The average molecular weight is 297 g/mol. The summed E-state index contributed by atoms with van der Waals surface area (Å²) in [6, 6.07) is 13.4. The Hall–Kier alpha value is -2.49. The molecule has 0 saturated carbocycles. The Morgan fingerprint density at radius 3 is 2.59 bits per heavy atom. The molecule has 0 aliphatic carbocycles. The molecule has 1 amide bonds. The van der Waals surface area contributed by atoms with Gasteiger partial charge in [-0.25, -0.2) is 4.39 Å². The first-order valence-corrected chi connectivity index (χ1v) is 7.32. The van der Waals surface area contributed by atoms with Crippen LogP contribution in [-0.4, -0.2) is 18.2 Å². The van der Waals surface area contributed by atoms with E-state index in [1.807, 2.05) is 18.2 Å². The monoisotopic (exact) mass is 297 g/mol. The van der Waals surface area contributed by atoms with Crippen molar-refractivity contribution in [2.24, 2.45) is 0 Å². The van der Waals surface area contributed by atoms with Gasteiger partial charge in [-0.2, -0.15) is 0 Å². The molecule has 0 N–H and O–H groups in total. The van der Waals surface area contributed by atoms with E-state index in [2.05, 4.69) is 0 Å². The minimum Gasteiger partial charge on any atom is -0.311 e. The molecular weight excluding hydrogens is 281 g/mol. The van der Waals surface area contributed by atoms with Crippen LogP contribution in [0.25, 0.3) is 0 Å². The maximum Gasteiger partial charge on any atom is 0.227 e. The van der Waals surface area contributed by atoms with E-state index in [1.54, 1.807) is 23.1 Å². The minimum absolute atomic E-state index is 0.00993. The average Bonchev–Trinajstić information content (AvgIpc) is 2.55. The van der Waals surface area contributed by atoms with Crippen molar-refractivity contribution in [1.82, 2.24) is 0 Å². The van der Waals surface area contributed by atoms with E-state index < -0.39 is 0 Å². The van der Waals surface area contributed by atoms with Gasteiger partial charge in [0.25, 0.3) is 0 Å². The Bertz CT molecular complexity index is 709. The van der Waals surface area contributed by atoms with Crippen LogP contribution in [0.3, 0.4) is 0 Å². The van der Waals surface area contributed by atoms with Crippen LogP contribution in [0.4, 0.5) is 10.1 Å². The molecule has 1 heterocycles. The van der Waals surface area contributed by atoms with Crippen LogP contribution in [-0.2, 0) is 11.2 Å². The first-order valence-electron chi connectivity index (χ1n) is 7.32. The number of amides is 1. The Balaban J connectivity index is 1.72. The van der Waals surface area contributed by atoms with Crippen molar-refractivity contribution in [2.75, 3.05) is 11.4 Å². The smallest absolute Gasteiger partial charge is 0.227 e. The molecule has 0 bridgehead atoms. The molecule has 0 spiro atoms. The van der Waals surface area contributed by atoms with E-state index in [-0.39, 0.29) is 17.5 Å². The van der Waals surface area contributed by atoms with Crippen LogP contribution in [0.1, 0.15) is 28.8 Å². The molecule has 22 heavy (non-hydrogen) atoms. The first-order chi connectivity index (χ1) is 10.6. The molecule has 0 atom stereocenters. The number of hydrogen-bond acceptors (Lipinski definition) is 2. The molecule has 0 radical (unpaired) electrons. The molecule has 0 fully saturated rings. The standard InChI is InChI=1S/C18H16FNO2/c19-14-8-5-13(6-9-14)7-10-18(22)20-12-11-17(21)15-3-1-2-4-16(15)20/h1-6,8-9H,7,10-12H2. The zero-order valence-electron chi connectivity index (χ0n) is 12.1. The van der Waals surface area contributed by atoms with Gasteiger partial charge in [-0.1, -0.05) is 24.3 Å². The number of benzene rings is 2. The third-order valence-corrected chi connectivity index (χ3v) is 3.90. The number of carbonyl (C=O) groups excluding carboxylic acids is 2. The zero-order valence-corrected chi connectivity index (χ0v) is 12.1. The number of carbonyl (C=O) groups is 2. The second-order valence-electron chi connectivity index (χ2n) is 5.36. The minimum atomic E-state index is -0.279. The lowest BCUT2D eigenvalue weighted by molar-refractivity contribution is -0.118. The lowest BCUT2D eigenvalue weighted by atomic mass is 9.99. The summed E-state index contributed by atoms with van der Waals surface area (Å²) in [5, 5.41) is 0. The van der Waals surface area contributed by atoms with Crippen LogP contribution in [0.15, 0.2) is 48.5 Å². The third kappa shape index (κ3) is 2.91. The van der Waals surface area contributed by atoms with Crippen molar-refractivity contribution < 1.29 is 14.0 Å². The van der Waals surface area contributed by atoms with E-state index in [0.29, 0.717) is 37.1 Å². The van der Waals surface area contributed by atoms with Crippen LogP contribution in [0.5, 0.6) is 0 Å². The molecule has 4 heteroatoms. The third-order valence-electron chi connectivity index (χ3n) is 3.90. The van der Waals surface area contributed by atoms with Crippen molar-refractivity contribution in [3.63, 3.8) is 0 Å². The summed E-state index contributed by atoms with van der Waals surface area (Å²) in [4.78, 5) is 26.0. The number of aryl methyl sites for hydroxylation is 1. The first kappa shape index (κ1) is 14.4. The predicted molar refractivity (Wildman–Crippen MR) is 82.5 cm³/mol. The van der Waals surface area contributed by atoms with Crippen LogP contribution in [0, 0.1) is 5.82 Å². The van der Waals surface area contributed by atoms with Gasteiger partial charge in [0.05, 0.1) is 5.69 Å². The lowest BCUT2D eigenvalue weighted by Crippen LogP contribution is -2.37. The zero-order chi connectivity index (χ0) is 15.5. The van der Waals surface area contributed by atoms with Crippen molar-refractivity contribution in [2.45, 2.75) is 19.3 Å². The number of Topliss-reactive ketones (excluding diaryl/α,β-unsaturated/α-hetero) is 1. The summed E-state index contributed by atoms with van der Waals surface area (Å²) in [6.07, 6.45) is 1.26. The largest absolute Gasteiger partial charge is 0.311 e. The fourth-order valence-electron chi connectivity index (χ4n) is 2.71. The highest BCUT2D eigenvalue weighted by atomic mass is 19.1. The maximum atomic E-state index is 12.9. The molecule has 0 unspecified atom stereocenters. The number of nitrogens with zero attached hydrogens (tertiary/aromatic N) is 1. The summed E-state index contributed by atoms with van der Waals surface area (Å²) in [7, 11) is 0. The van der Waals surface area contributed by atoms with Gasteiger partial charge in [-0.3, -0.25) is 9.59 Å². The Labute approximate surface area is 128 Å². The summed E-state index contributed by atoms with van der Waals surface area (Å²) in [6.45, 7) is 0.429. The fourth-order valence-corrected chi connectivity index (χ4v) is 2.71. The number of anilines is 1. The molecule has 0 saturated heterocycles. The SMILES string of the molecule is O=C1CCN(C(=O)CCc2ccc(F)cc2)c2ccccc21. The predicted octanol–water partition coefficient (Wildman–Crippen LogP) is 3.38. The molecule has 3 nitrogen and oxygen atoms in total. The van der Waals surface area contributed by atoms with Gasteiger partial charge in [0.15, 0.2) is 5.78 Å². The van der Waals surface area contributed by atoms with Crippen molar-refractivity contribution in [3.8, 4) is 0 Å². The fraction of sp³-hybridized carbons (Fsp3) is 0.222. The van der Waals surface area contributed by atoms with Gasteiger partial charge in [-0.15, -0.1) is 0 Å². The second kappa shape index (κ2) is 6.10. The number of halogens is 1. The summed E-state index contributed by atoms with van der Waals surface area (Å²) in [5.74, 6) is -0.207. The van der Waals surface area contributed by atoms with Gasteiger partial charge in [-0.05, 0) is 36.2 Å². The molecule has 2 aromatic rings. The van der Waals surface area contributed by atoms with Crippen LogP contribution in [0.2, 0.25) is 0 Å². The number of ketones is 1. The normalized spacial score (nSPS) is 13.9. The lowest BCUT2D eigenvalue weighted by Gasteiger charge is -2.28. The molecule has 1 aliphatic heterocycles. The van der Waals surface area contributed by atoms with E-state index in [0.717, 1.165) is 5.56 Å². The topological polar surface area (TPSA) is 37.4 Å². The number of para-hydroxylation sites is 1. The quantitative estimate of drug-likeness (QED) is 0.871. The molecule has 3 rings (SSSR count). The molecule has 112 valence electrons. The van der Waals surface area contributed by atoms with Crippen molar-refractivity contribution in [1.29, 1.82) is 0 Å². The Morgan fingerprint density at radius 1 is 1.09 bits per heavy atom. The second-order valence-corrected chi connectivity index (χ2v) is 5.36. The molecular formula is C18H16FNO2. The highest BCUT2D eigenvalue weighted by Crippen LogP contribution is 2.27. The van der Waals surface area contributed by atoms with E-state index in [1.165, 1.54) is 12.1 Å². The van der Waals surface area contributed by atoms with Gasteiger partial charge >= 0.3 is 0 Å². The number of rotatable bonds is 3. The van der Waals surface area contributed by atoms with Crippen molar-refractivity contribution in [3.05, 3.63) is 65.5 Å². The van der Waals surface area contributed by atoms with Gasteiger partial charge < -0.3 is 4.90 Å². The van der Waals surface area contributed by atoms with E-state index in [9.17, 15) is 14.0 Å². The highest BCUT2D eigenvalue weighted by molar-refractivity contribution is 6.08. The maximum absolute atomic E-state index is 12.9. The molecule has 0 aromatic heterocycles. The van der Waals surface area contributed by atoms with Crippen LogP contribution >= 0.6 is 0 Å². The van der Waals surface area contributed by atoms with Crippen molar-refractivity contribution >= 4 is 17.4 Å². The summed E-state index contributed by atoms with van der Waals surface area (Å²) >= 11 is 0. The number of hydrogen-bond donors (Lipinski definition) is 0. The number of fused-ring (bicyclic) bond motifs is 1.